The predicted molar refractivity (Wildman–Crippen MR) is 65.4 cm³/mol. The van der Waals surface area contributed by atoms with E-state index in [-0.39, 0.29) is 11.7 Å². The predicted octanol–water partition coefficient (Wildman–Crippen LogP) is -0.243. The number of hydrogen-bond acceptors (Lipinski definition) is 5. The molecule has 2 heterocycles. The molecule has 0 bridgehead atoms. The van der Waals surface area contributed by atoms with Gasteiger partial charge in [0, 0.05) is 12.3 Å². The van der Waals surface area contributed by atoms with Gasteiger partial charge in [-0.3, -0.25) is 19.8 Å². The summed E-state index contributed by atoms with van der Waals surface area (Å²) in [5.74, 6) is -0.461. The molecule has 7 heteroatoms. The molecule has 0 aliphatic carbocycles. The van der Waals surface area contributed by atoms with Crippen LogP contribution in [0.1, 0.15) is 25.3 Å². The van der Waals surface area contributed by atoms with Gasteiger partial charge in [-0.2, -0.15) is 0 Å². The Morgan fingerprint density at radius 3 is 2.89 bits per heavy atom. The summed E-state index contributed by atoms with van der Waals surface area (Å²) in [5, 5.41) is 9.55. The molecule has 0 radical (unpaired) electrons. The molecule has 98 valence electrons. The summed E-state index contributed by atoms with van der Waals surface area (Å²) in [6.07, 6.45) is 2.04. The minimum atomic E-state index is -0.742. The molecular weight excluding hydrogens is 238 g/mol. The van der Waals surface area contributed by atoms with Gasteiger partial charge in [0.1, 0.15) is 5.56 Å². The second-order valence-corrected chi connectivity index (χ2v) is 4.19. The molecule has 0 saturated carbocycles. The molecule has 1 fully saturated rings. The van der Waals surface area contributed by atoms with Gasteiger partial charge in [0.05, 0.1) is 12.6 Å². The van der Waals surface area contributed by atoms with E-state index in [2.05, 4.69) is 9.98 Å². The first-order valence-electron chi connectivity index (χ1n) is 5.76. The standard InChI is InChI=1S/C11H15N3O4/c1-6(12-5-7-3-2-4-18-7)8-9(15)13-11(17)14-10(8)16/h7H,2-5H2,1H3,(H3,13,14,15,16,17)/t7-/m0/s1. The highest BCUT2D eigenvalue weighted by atomic mass is 16.5. The number of nitrogens with one attached hydrogen (secondary N) is 2. The molecule has 3 N–H and O–H groups in total. The summed E-state index contributed by atoms with van der Waals surface area (Å²) in [6, 6.07) is 0. The van der Waals surface area contributed by atoms with Crippen molar-refractivity contribution in [3.8, 4) is 5.88 Å². The van der Waals surface area contributed by atoms with Gasteiger partial charge in [0.25, 0.3) is 5.56 Å². The number of hydrogen-bond donors (Lipinski definition) is 3. The summed E-state index contributed by atoms with van der Waals surface area (Å²) in [6.45, 7) is 2.80. The average Bonchev–Trinajstić information content (AvgIpc) is 2.77. The molecule has 7 nitrogen and oxygen atoms in total. The molecule has 0 unspecified atom stereocenters. The number of rotatable bonds is 3. The fourth-order valence-electron chi connectivity index (χ4n) is 1.92. The summed E-state index contributed by atoms with van der Waals surface area (Å²) >= 11 is 0. The van der Waals surface area contributed by atoms with E-state index in [1.807, 2.05) is 4.98 Å². The lowest BCUT2D eigenvalue weighted by atomic mass is 10.2. The Kier molecular flexibility index (Phi) is 3.61. The molecule has 0 amide bonds. The van der Waals surface area contributed by atoms with Crippen LogP contribution in [-0.4, -0.2) is 40.0 Å². The van der Waals surface area contributed by atoms with Gasteiger partial charge in [-0.25, -0.2) is 4.79 Å². The molecule has 1 aromatic heterocycles. The lowest BCUT2D eigenvalue weighted by molar-refractivity contribution is 0.118. The smallest absolute Gasteiger partial charge is 0.328 e. The Labute approximate surface area is 103 Å². The maximum atomic E-state index is 11.6. The normalized spacial score (nSPS) is 20.3. The third-order valence-corrected chi connectivity index (χ3v) is 2.84. The molecule has 18 heavy (non-hydrogen) atoms. The van der Waals surface area contributed by atoms with Crippen LogP contribution in [0.2, 0.25) is 0 Å². The van der Waals surface area contributed by atoms with Crippen LogP contribution in [0.4, 0.5) is 0 Å². The second-order valence-electron chi connectivity index (χ2n) is 4.19. The van der Waals surface area contributed by atoms with E-state index >= 15 is 0 Å². The second kappa shape index (κ2) is 5.18. The van der Waals surface area contributed by atoms with Crippen molar-refractivity contribution in [3.05, 3.63) is 26.4 Å². The van der Waals surface area contributed by atoms with E-state index in [0.29, 0.717) is 12.3 Å². The topological polar surface area (TPSA) is 108 Å². The van der Waals surface area contributed by atoms with Crippen molar-refractivity contribution in [2.24, 2.45) is 4.99 Å². The number of aromatic nitrogens is 2. The van der Waals surface area contributed by atoms with Gasteiger partial charge in [0.2, 0.25) is 5.88 Å². The van der Waals surface area contributed by atoms with Gasteiger partial charge in [-0.1, -0.05) is 0 Å². The van der Waals surface area contributed by atoms with Gasteiger partial charge in [-0.15, -0.1) is 0 Å². The minimum Gasteiger partial charge on any atom is -0.494 e. The zero-order valence-electron chi connectivity index (χ0n) is 10.0. The minimum absolute atomic E-state index is 0.00685. The molecule has 0 aromatic carbocycles. The maximum Gasteiger partial charge on any atom is 0.328 e. The highest BCUT2D eigenvalue weighted by molar-refractivity contribution is 6.00. The highest BCUT2D eigenvalue weighted by Gasteiger charge is 2.16. The van der Waals surface area contributed by atoms with Crippen molar-refractivity contribution in [3.63, 3.8) is 0 Å². The lowest BCUT2D eigenvalue weighted by Gasteiger charge is -2.07. The number of aromatic hydroxyl groups is 1. The van der Waals surface area contributed by atoms with E-state index in [9.17, 15) is 14.7 Å². The molecular formula is C11H15N3O4. The molecule has 1 aromatic rings. The summed E-state index contributed by atoms with van der Waals surface area (Å²) in [5.41, 5.74) is -1.02. The van der Waals surface area contributed by atoms with Crippen LogP contribution in [0.15, 0.2) is 14.6 Å². The molecule has 1 atom stereocenters. The molecule has 2 rings (SSSR count). The van der Waals surface area contributed by atoms with Crippen LogP contribution in [0.3, 0.4) is 0 Å². The number of ether oxygens (including phenoxy) is 1. The van der Waals surface area contributed by atoms with Crippen molar-refractivity contribution in [2.75, 3.05) is 13.2 Å². The van der Waals surface area contributed by atoms with Crippen molar-refractivity contribution >= 4 is 5.71 Å². The first-order chi connectivity index (χ1) is 8.58. The van der Waals surface area contributed by atoms with Gasteiger partial charge >= 0.3 is 5.69 Å². The van der Waals surface area contributed by atoms with Gasteiger partial charge < -0.3 is 9.84 Å². The van der Waals surface area contributed by atoms with Crippen LogP contribution >= 0.6 is 0 Å². The molecule has 1 aliphatic heterocycles. The van der Waals surface area contributed by atoms with Crippen molar-refractivity contribution in [1.82, 2.24) is 9.97 Å². The Morgan fingerprint density at radius 1 is 1.50 bits per heavy atom. The largest absolute Gasteiger partial charge is 0.494 e. The zero-order valence-corrected chi connectivity index (χ0v) is 10.0. The van der Waals surface area contributed by atoms with E-state index in [4.69, 9.17) is 4.74 Å². The monoisotopic (exact) mass is 253 g/mol. The molecule has 1 aliphatic rings. The molecule has 0 spiro atoms. The number of H-pyrrole nitrogens is 2. The third-order valence-electron chi connectivity index (χ3n) is 2.84. The zero-order chi connectivity index (χ0) is 13.1. The third kappa shape index (κ3) is 2.67. The van der Waals surface area contributed by atoms with Crippen molar-refractivity contribution in [2.45, 2.75) is 25.9 Å². The van der Waals surface area contributed by atoms with Crippen LogP contribution < -0.4 is 11.2 Å². The van der Waals surface area contributed by atoms with E-state index < -0.39 is 17.1 Å². The lowest BCUT2D eigenvalue weighted by Crippen LogP contribution is -2.27. The Bertz CT molecular complexity index is 566. The van der Waals surface area contributed by atoms with Crippen molar-refractivity contribution in [1.29, 1.82) is 0 Å². The average molecular weight is 253 g/mol. The number of aromatic amines is 2. The van der Waals surface area contributed by atoms with E-state index in [0.717, 1.165) is 19.4 Å². The number of nitrogens with zero attached hydrogens (tertiary/aromatic N) is 1. The van der Waals surface area contributed by atoms with Crippen LogP contribution in [0, 0.1) is 0 Å². The quantitative estimate of drug-likeness (QED) is 0.646. The first kappa shape index (κ1) is 12.6. The first-order valence-corrected chi connectivity index (χ1v) is 5.76. The van der Waals surface area contributed by atoms with Gasteiger partial charge in [-0.05, 0) is 19.8 Å². The highest BCUT2D eigenvalue weighted by Crippen LogP contribution is 2.13. The van der Waals surface area contributed by atoms with Crippen molar-refractivity contribution < 1.29 is 9.84 Å². The summed E-state index contributed by atoms with van der Waals surface area (Å²) < 4.78 is 5.41. The van der Waals surface area contributed by atoms with E-state index in [1.165, 1.54) is 0 Å². The fourth-order valence-corrected chi connectivity index (χ4v) is 1.92. The summed E-state index contributed by atoms with van der Waals surface area (Å²) in [4.78, 5) is 30.9. The Hall–Kier alpha value is -1.89. The SMILES string of the molecule is CC(=NC[C@@H]1CCCO1)c1c(O)[nH]c(=O)[nH]c1=O. The number of aliphatic imine (C=N–C) groups is 1. The van der Waals surface area contributed by atoms with Crippen LogP contribution in [-0.2, 0) is 4.74 Å². The van der Waals surface area contributed by atoms with Crippen LogP contribution in [0.5, 0.6) is 5.88 Å². The Morgan fingerprint density at radius 2 is 2.28 bits per heavy atom. The van der Waals surface area contributed by atoms with Gasteiger partial charge in [0.15, 0.2) is 0 Å². The Balaban J connectivity index is 2.22. The van der Waals surface area contributed by atoms with Crippen LogP contribution in [0.25, 0.3) is 0 Å². The maximum absolute atomic E-state index is 11.6. The summed E-state index contributed by atoms with van der Waals surface area (Å²) in [7, 11) is 0. The molecule has 1 saturated heterocycles. The fraction of sp³-hybridized carbons (Fsp3) is 0.545. The van der Waals surface area contributed by atoms with E-state index in [1.54, 1.807) is 6.92 Å².